The molecule has 1 aliphatic heterocycles. The summed E-state index contributed by atoms with van der Waals surface area (Å²) >= 11 is 0. The van der Waals surface area contributed by atoms with Crippen molar-refractivity contribution in [3.8, 4) is 0 Å². The molecule has 21 heavy (non-hydrogen) atoms. The SMILES string of the molecule is OCC[C@]1(CNC2CC(c3ccc(F)cc3)C2)CCOC1. The van der Waals surface area contributed by atoms with Gasteiger partial charge in [-0.2, -0.15) is 0 Å². The first-order chi connectivity index (χ1) is 10.2. The van der Waals surface area contributed by atoms with Crippen LogP contribution < -0.4 is 5.32 Å². The third kappa shape index (κ3) is 3.44. The van der Waals surface area contributed by atoms with Crippen molar-refractivity contribution in [2.45, 2.75) is 37.6 Å². The zero-order valence-corrected chi connectivity index (χ0v) is 12.4. The molecule has 0 amide bonds. The van der Waals surface area contributed by atoms with Gasteiger partial charge in [0.25, 0.3) is 0 Å². The highest BCUT2D eigenvalue weighted by molar-refractivity contribution is 5.23. The van der Waals surface area contributed by atoms with E-state index in [1.54, 1.807) is 12.1 Å². The zero-order valence-electron chi connectivity index (χ0n) is 12.4. The number of aliphatic hydroxyl groups is 1. The molecule has 2 aliphatic rings. The third-order valence-corrected chi connectivity index (χ3v) is 5.07. The van der Waals surface area contributed by atoms with Crippen molar-refractivity contribution in [2.75, 3.05) is 26.4 Å². The van der Waals surface area contributed by atoms with Gasteiger partial charge >= 0.3 is 0 Å². The molecular weight excluding hydrogens is 269 g/mol. The Morgan fingerprint density at radius 2 is 2.05 bits per heavy atom. The van der Waals surface area contributed by atoms with Gasteiger partial charge in [0.15, 0.2) is 0 Å². The van der Waals surface area contributed by atoms with Crippen molar-refractivity contribution in [3.63, 3.8) is 0 Å². The molecule has 3 nitrogen and oxygen atoms in total. The molecule has 1 heterocycles. The summed E-state index contributed by atoms with van der Waals surface area (Å²) in [4.78, 5) is 0. The Balaban J connectivity index is 1.45. The van der Waals surface area contributed by atoms with Crippen LogP contribution in [0.3, 0.4) is 0 Å². The summed E-state index contributed by atoms with van der Waals surface area (Å²) in [7, 11) is 0. The Hall–Kier alpha value is -0.970. The van der Waals surface area contributed by atoms with Crippen molar-refractivity contribution in [3.05, 3.63) is 35.6 Å². The molecule has 2 fully saturated rings. The number of hydrogen-bond acceptors (Lipinski definition) is 3. The minimum atomic E-state index is -0.167. The lowest BCUT2D eigenvalue weighted by molar-refractivity contribution is 0.116. The van der Waals surface area contributed by atoms with Gasteiger partial charge in [0.1, 0.15) is 5.82 Å². The zero-order chi connectivity index (χ0) is 14.7. The number of rotatable bonds is 6. The van der Waals surface area contributed by atoms with Crippen LogP contribution in [-0.2, 0) is 4.74 Å². The van der Waals surface area contributed by atoms with E-state index in [9.17, 15) is 9.50 Å². The fourth-order valence-corrected chi connectivity index (χ4v) is 3.46. The summed E-state index contributed by atoms with van der Waals surface area (Å²) < 4.78 is 18.4. The van der Waals surface area contributed by atoms with Gasteiger partial charge in [-0.15, -0.1) is 0 Å². The largest absolute Gasteiger partial charge is 0.396 e. The Kier molecular flexibility index (Phi) is 4.57. The Morgan fingerprint density at radius 1 is 1.29 bits per heavy atom. The van der Waals surface area contributed by atoms with E-state index in [1.165, 1.54) is 5.56 Å². The highest BCUT2D eigenvalue weighted by Gasteiger charge is 2.37. The summed E-state index contributed by atoms with van der Waals surface area (Å²) in [5, 5.41) is 12.9. The lowest BCUT2D eigenvalue weighted by atomic mass is 9.75. The van der Waals surface area contributed by atoms with E-state index >= 15 is 0 Å². The number of ether oxygens (including phenoxy) is 1. The monoisotopic (exact) mass is 293 g/mol. The summed E-state index contributed by atoms with van der Waals surface area (Å²) in [6.45, 7) is 2.72. The average Bonchev–Trinajstić information content (AvgIpc) is 2.88. The first-order valence-corrected chi connectivity index (χ1v) is 7.88. The first-order valence-electron chi connectivity index (χ1n) is 7.88. The van der Waals surface area contributed by atoms with Crippen LogP contribution in [0.15, 0.2) is 24.3 Å². The van der Waals surface area contributed by atoms with Gasteiger partial charge in [0.2, 0.25) is 0 Å². The second kappa shape index (κ2) is 6.42. The molecule has 1 aromatic carbocycles. The van der Waals surface area contributed by atoms with Crippen LogP contribution in [0.1, 0.15) is 37.2 Å². The normalized spacial score (nSPS) is 32.1. The van der Waals surface area contributed by atoms with E-state index in [4.69, 9.17) is 4.74 Å². The topological polar surface area (TPSA) is 41.5 Å². The molecule has 2 N–H and O–H groups in total. The summed E-state index contributed by atoms with van der Waals surface area (Å²) in [5.41, 5.74) is 1.36. The van der Waals surface area contributed by atoms with E-state index in [-0.39, 0.29) is 17.8 Å². The fourth-order valence-electron chi connectivity index (χ4n) is 3.46. The molecule has 0 bridgehead atoms. The molecule has 116 valence electrons. The third-order valence-electron chi connectivity index (χ3n) is 5.07. The van der Waals surface area contributed by atoms with Crippen LogP contribution in [0.5, 0.6) is 0 Å². The lowest BCUT2D eigenvalue weighted by Crippen LogP contribution is -2.46. The molecule has 0 aromatic heterocycles. The van der Waals surface area contributed by atoms with Gasteiger partial charge in [-0.3, -0.25) is 0 Å². The summed E-state index contributed by atoms with van der Waals surface area (Å²) in [6.07, 6.45) is 4.08. The van der Waals surface area contributed by atoms with Crippen molar-refractivity contribution in [2.24, 2.45) is 5.41 Å². The van der Waals surface area contributed by atoms with E-state index in [1.807, 2.05) is 12.1 Å². The lowest BCUT2D eigenvalue weighted by Gasteiger charge is -2.39. The van der Waals surface area contributed by atoms with E-state index < -0.39 is 0 Å². The van der Waals surface area contributed by atoms with Crippen LogP contribution >= 0.6 is 0 Å². The number of benzene rings is 1. The maximum Gasteiger partial charge on any atom is 0.123 e. The van der Waals surface area contributed by atoms with Gasteiger partial charge < -0.3 is 15.2 Å². The van der Waals surface area contributed by atoms with Gasteiger partial charge in [-0.1, -0.05) is 12.1 Å². The van der Waals surface area contributed by atoms with Crippen LogP contribution in [0.2, 0.25) is 0 Å². The van der Waals surface area contributed by atoms with Crippen LogP contribution in [0.25, 0.3) is 0 Å². The van der Waals surface area contributed by atoms with Crippen molar-refractivity contribution >= 4 is 0 Å². The predicted octanol–water partition coefficient (Wildman–Crippen LogP) is 2.45. The minimum absolute atomic E-state index is 0.121. The standard InChI is InChI=1S/C17H24FNO2/c18-15-3-1-13(2-4-15)14-9-16(10-14)19-11-17(5-7-20)6-8-21-12-17/h1-4,14,16,19-20H,5-12H2/t14?,16?,17-/m1/s1. The fraction of sp³-hybridized carbons (Fsp3) is 0.647. The van der Waals surface area contributed by atoms with Gasteiger partial charge in [-0.25, -0.2) is 4.39 Å². The quantitative estimate of drug-likeness (QED) is 0.846. The van der Waals surface area contributed by atoms with Crippen molar-refractivity contribution in [1.29, 1.82) is 0 Å². The molecule has 1 saturated heterocycles. The van der Waals surface area contributed by atoms with E-state index in [0.717, 1.165) is 45.4 Å². The maximum absolute atomic E-state index is 12.9. The second-order valence-electron chi connectivity index (χ2n) is 6.57. The van der Waals surface area contributed by atoms with Gasteiger partial charge in [0, 0.05) is 31.2 Å². The van der Waals surface area contributed by atoms with Gasteiger partial charge in [0.05, 0.1) is 6.61 Å². The molecule has 1 aromatic rings. The van der Waals surface area contributed by atoms with Crippen LogP contribution in [0.4, 0.5) is 4.39 Å². The molecule has 0 spiro atoms. The predicted molar refractivity (Wildman–Crippen MR) is 79.7 cm³/mol. The molecule has 0 unspecified atom stereocenters. The average molecular weight is 293 g/mol. The van der Waals surface area contributed by atoms with E-state index in [2.05, 4.69) is 5.32 Å². The molecular formula is C17H24FNO2. The molecule has 0 radical (unpaired) electrons. The van der Waals surface area contributed by atoms with Crippen molar-refractivity contribution < 1.29 is 14.2 Å². The number of halogens is 1. The highest BCUT2D eigenvalue weighted by atomic mass is 19.1. The minimum Gasteiger partial charge on any atom is -0.396 e. The number of nitrogens with one attached hydrogen (secondary N) is 1. The maximum atomic E-state index is 12.9. The highest BCUT2D eigenvalue weighted by Crippen LogP contribution is 2.38. The molecule has 1 atom stereocenters. The molecule has 3 rings (SSSR count). The smallest absolute Gasteiger partial charge is 0.123 e. The Labute approximate surface area is 125 Å². The Morgan fingerprint density at radius 3 is 2.67 bits per heavy atom. The number of hydrogen-bond donors (Lipinski definition) is 2. The second-order valence-corrected chi connectivity index (χ2v) is 6.57. The number of aliphatic hydroxyl groups excluding tert-OH is 1. The van der Waals surface area contributed by atoms with Gasteiger partial charge in [-0.05, 0) is 49.3 Å². The van der Waals surface area contributed by atoms with Crippen molar-refractivity contribution in [1.82, 2.24) is 5.32 Å². The van der Waals surface area contributed by atoms with Crippen LogP contribution in [-0.4, -0.2) is 37.5 Å². The molecule has 1 saturated carbocycles. The molecule has 1 aliphatic carbocycles. The molecule has 4 heteroatoms. The van der Waals surface area contributed by atoms with Crippen LogP contribution in [0, 0.1) is 11.2 Å². The Bertz CT molecular complexity index is 450. The first kappa shape index (κ1) is 14.9. The summed E-state index contributed by atoms with van der Waals surface area (Å²) in [5.74, 6) is 0.386. The van der Waals surface area contributed by atoms with E-state index in [0.29, 0.717) is 12.0 Å². The summed E-state index contributed by atoms with van der Waals surface area (Å²) in [6, 6.07) is 7.42.